The molecule has 124 valence electrons. The molecule has 0 saturated heterocycles. The van der Waals surface area contributed by atoms with Crippen molar-refractivity contribution < 1.29 is 14.3 Å². The minimum Gasteiger partial charge on any atom is -0.462 e. The number of anilines is 1. The van der Waals surface area contributed by atoms with E-state index in [9.17, 15) is 9.59 Å². The summed E-state index contributed by atoms with van der Waals surface area (Å²) in [6.07, 6.45) is 0. The Kier molecular flexibility index (Phi) is 5.43. The molecule has 0 radical (unpaired) electrons. The van der Waals surface area contributed by atoms with Crippen molar-refractivity contribution in [3.63, 3.8) is 0 Å². The van der Waals surface area contributed by atoms with Gasteiger partial charge in [0.15, 0.2) is 0 Å². The van der Waals surface area contributed by atoms with Gasteiger partial charge in [-0.1, -0.05) is 11.6 Å². The Morgan fingerprint density at radius 1 is 1.39 bits per heavy atom. The number of halogens is 1. The molecule has 0 spiro atoms. The molecule has 0 bridgehead atoms. The lowest BCUT2D eigenvalue weighted by molar-refractivity contribution is -0.116. The summed E-state index contributed by atoms with van der Waals surface area (Å²) in [5.41, 5.74) is 2.21. The van der Waals surface area contributed by atoms with Crippen LogP contribution in [0, 0.1) is 20.8 Å². The van der Waals surface area contributed by atoms with Gasteiger partial charge in [0, 0.05) is 0 Å². The topological polar surface area (TPSA) is 73.2 Å². The van der Waals surface area contributed by atoms with E-state index in [1.54, 1.807) is 31.5 Å². The number of nitrogens with one attached hydrogen (secondary N) is 1. The van der Waals surface area contributed by atoms with E-state index in [-0.39, 0.29) is 18.4 Å². The van der Waals surface area contributed by atoms with Crippen LogP contribution in [0.2, 0.25) is 5.02 Å². The second kappa shape index (κ2) is 7.14. The second-order valence-corrected chi connectivity index (χ2v) is 6.46. The van der Waals surface area contributed by atoms with E-state index in [1.807, 2.05) is 6.92 Å². The fraction of sp³-hybridized carbons (Fsp3) is 0.400. The highest BCUT2D eigenvalue weighted by atomic mass is 35.5. The van der Waals surface area contributed by atoms with Crippen LogP contribution >= 0.6 is 22.9 Å². The summed E-state index contributed by atoms with van der Waals surface area (Å²) in [6.45, 7) is 7.53. The number of thiophene rings is 1. The first-order valence-corrected chi connectivity index (χ1v) is 8.29. The molecule has 23 heavy (non-hydrogen) atoms. The fourth-order valence-electron chi connectivity index (χ4n) is 2.08. The van der Waals surface area contributed by atoms with Gasteiger partial charge in [-0.3, -0.25) is 9.48 Å². The van der Waals surface area contributed by atoms with Crippen molar-refractivity contribution >= 4 is 39.8 Å². The quantitative estimate of drug-likeness (QED) is 0.835. The molecule has 0 aliphatic carbocycles. The van der Waals surface area contributed by atoms with Gasteiger partial charge >= 0.3 is 5.97 Å². The van der Waals surface area contributed by atoms with Gasteiger partial charge in [-0.15, -0.1) is 11.3 Å². The Morgan fingerprint density at radius 2 is 2.09 bits per heavy atom. The fourth-order valence-corrected chi connectivity index (χ4v) is 3.20. The van der Waals surface area contributed by atoms with Crippen molar-refractivity contribution in [2.24, 2.45) is 0 Å². The largest absolute Gasteiger partial charge is 0.462 e. The number of nitrogens with zero attached hydrogens (tertiary/aromatic N) is 2. The summed E-state index contributed by atoms with van der Waals surface area (Å²) < 4.78 is 6.54. The highest BCUT2D eigenvalue weighted by molar-refractivity contribution is 7.18. The van der Waals surface area contributed by atoms with Crippen molar-refractivity contribution in [2.75, 3.05) is 11.9 Å². The van der Waals surface area contributed by atoms with Crippen LogP contribution in [0.1, 0.15) is 33.5 Å². The lowest BCUT2D eigenvalue weighted by atomic mass is 10.3. The van der Waals surface area contributed by atoms with Gasteiger partial charge in [-0.05, 0) is 39.3 Å². The number of aryl methyl sites for hydroxylation is 2. The van der Waals surface area contributed by atoms with Crippen molar-refractivity contribution in [3.05, 3.63) is 32.9 Å². The normalized spacial score (nSPS) is 10.7. The number of amides is 1. The highest BCUT2D eigenvalue weighted by Gasteiger charge is 2.17. The van der Waals surface area contributed by atoms with E-state index in [0.717, 1.165) is 11.3 Å². The number of carbonyl (C=O) groups excluding carboxylic acids is 2. The highest BCUT2D eigenvalue weighted by Crippen LogP contribution is 2.27. The Hall–Kier alpha value is -1.86. The number of hydrogen-bond acceptors (Lipinski definition) is 5. The third-order valence-electron chi connectivity index (χ3n) is 3.23. The number of carbonyl (C=O) groups is 2. The molecule has 6 nitrogen and oxygen atoms in total. The van der Waals surface area contributed by atoms with Crippen molar-refractivity contribution in [1.29, 1.82) is 0 Å². The summed E-state index contributed by atoms with van der Waals surface area (Å²) in [6, 6.07) is 1.75. The molecular weight excluding hydrogens is 338 g/mol. The average molecular weight is 356 g/mol. The number of aromatic nitrogens is 2. The SMILES string of the molecule is CCOC(=O)c1sc(NC(=O)Cn2nc(C)c(Cl)c2C)cc1C. The zero-order valence-electron chi connectivity index (χ0n) is 13.4. The summed E-state index contributed by atoms with van der Waals surface area (Å²) in [4.78, 5) is 24.4. The summed E-state index contributed by atoms with van der Waals surface area (Å²) in [7, 11) is 0. The molecule has 0 unspecified atom stereocenters. The van der Waals surface area contributed by atoms with Crippen LogP contribution in [0.5, 0.6) is 0 Å². The van der Waals surface area contributed by atoms with E-state index in [1.165, 1.54) is 11.3 Å². The molecule has 2 aromatic heterocycles. The smallest absolute Gasteiger partial charge is 0.348 e. The van der Waals surface area contributed by atoms with Crippen molar-refractivity contribution in [2.45, 2.75) is 34.2 Å². The average Bonchev–Trinajstić information content (AvgIpc) is 2.95. The Balaban J connectivity index is 2.07. The first-order chi connectivity index (χ1) is 10.8. The molecule has 1 N–H and O–H groups in total. The van der Waals surface area contributed by atoms with Gasteiger partial charge in [0.1, 0.15) is 11.4 Å². The summed E-state index contributed by atoms with van der Waals surface area (Å²) in [5, 5.41) is 8.16. The maximum Gasteiger partial charge on any atom is 0.348 e. The van der Waals surface area contributed by atoms with E-state index in [0.29, 0.717) is 27.2 Å². The van der Waals surface area contributed by atoms with E-state index < -0.39 is 0 Å². The molecular formula is C15H18ClN3O3S. The van der Waals surface area contributed by atoms with Crippen molar-refractivity contribution in [1.82, 2.24) is 9.78 Å². The molecule has 2 rings (SSSR count). The number of hydrogen-bond donors (Lipinski definition) is 1. The van der Waals surface area contributed by atoms with Crippen molar-refractivity contribution in [3.8, 4) is 0 Å². The third-order valence-corrected chi connectivity index (χ3v) is 4.91. The lowest BCUT2D eigenvalue weighted by Gasteiger charge is -2.04. The third kappa shape index (κ3) is 3.92. The molecule has 2 aromatic rings. The molecule has 2 heterocycles. The summed E-state index contributed by atoms with van der Waals surface area (Å²) in [5.74, 6) is -0.607. The van der Waals surface area contributed by atoms with Crippen LogP contribution in [0.3, 0.4) is 0 Å². The molecule has 1 amide bonds. The number of rotatable bonds is 5. The van der Waals surface area contributed by atoms with Gasteiger partial charge in [-0.2, -0.15) is 5.10 Å². The Bertz CT molecular complexity index is 751. The first kappa shape index (κ1) is 17.5. The standard InChI is InChI=1S/C15H18ClN3O3S/c1-5-22-15(21)14-8(2)6-12(23-14)17-11(20)7-19-10(4)13(16)9(3)18-19/h6H,5,7H2,1-4H3,(H,17,20). The van der Waals surface area contributed by atoms with E-state index in [2.05, 4.69) is 10.4 Å². The lowest BCUT2D eigenvalue weighted by Crippen LogP contribution is -2.19. The minimum absolute atomic E-state index is 0.0606. The molecule has 0 fully saturated rings. The van der Waals surface area contributed by atoms with E-state index in [4.69, 9.17) is 16.3 Å². The summed E-state index contributed by atoms with van der Waals surface area (Å²) >= 11 is 7.26. The predicted molar refractivity (Wildman–Crippen MR) is 90.4 cm³/mol. The van der Waals surface area contributed by atoms with Crippen LogP contribution < -0.4 is 5.32 Å². The zero-order valence-corrected chi connectivity index (χ0v) is 15.0. The van der Waals surface area contributed by atoms with Gasteiger partial charge in [0.25, 0.3) is 0 Å². The van der Waals surface area contributed by atoms with Crippen LogP contribution in [0.4, 0.5) is 5.00 Å². The van der Waals surface area contributed by atoms with Gasteiger partial charge in [0.05, 0.1) is 28.0 Å². The van der Waals surface area contributed by atoms with Crippen LogP contribution in [-0.2, 0) is 16.1 Å². The predicted octanol–water partition coefficient (Wildman–Crippen LogP) is 3.34. The Labute approximate surface area is 143 Å². The van der Waals surface area contributed by atoms with Crippen LogP contribution in [-0.4, -0.2) is 28.3 Å². The minimum atomic E-state index is -0.374. The molecule has 0 aliphatic rings. The molecule has 0 atom stereocenters. The Morgan fingerprint density at radius 3 is 2.65 bits per heavy atom. The van der Waals surface area contributed by atoms with Gasteiger partial charge < -0.3 is 10.1 Å². The van der Waals surface area contributed by atoms with E-state index >= 15 is 0 Å². The van der Waals surface area contributed by atoms with Gasteiger partial charge in [-0.25, -0.2) is 4.79 Å². The molecule has 0 aliphatic heterocycles. The molecule has 0 aromatic carbocycles. The first-order valence-electron chi connectivity index (χ1n) is 7.10. The van der Waals surface area contributed by atoms with Gasteiger partial charge in [0.2, 0.25) is 5.91 Å². The number of ether oxygens (including phenoxy) is 1. The monoisotopic (exact) mass is 355 g/mol. The van der Waals surface area contributed by atoms with Crippen LogP contribution in [0.15, 0.2) is 6.07 Å². The van der Waals surface area contributed by atoms with Crippen LogP contribution in [0.25, 0.3) is 0 Å². The second-order valence-electron chi connectivity index (χ2n) is 5.03. The molecule has 8 heteroatoms. The maximum absolute atomic E-state index is 12.1. The zero-order chi connectivity index (χ0) is 17.1. The molecule has 0 saturated carbocycles. The number of esters is 1. The maximum atomic E-state index is 12.1.